The number of rotatable bonds is 2. The lowest BCUT2D eigenvalue weighted by molar-refractivity contribution is 0.435. The third-order valence-electron chi connectivity index (χ3n) is 3.86. The zero-order chi connectivity index (χ0) is 13.2. The molecular formula is C15H18FN3. The van der Waals surface area contributed by atoms with Gasteiger partial charge in [-0.3, -0.25) is 0 Å². The van der Waals surface area contributed by atoms with Crippen molar-refractivity contribution in [2.45, 2.75) is 38.0 Å². The Bertz CT molecular complexity index is 553. The second-order valence-electron chi connectivity index (χ2n) is 5.23. The Kier molecular flexibility index (Phi) is 3.23. The van der Waals surface area contributed by atoms with E-state index in [0.717, 1.165) is 17.1 Å². The highest BCUT2D eigenvalue weighted by Gasteiger charge is 2.21. The first kappa shape index (κ1) is 12.2. The average Bonchev–Trinajstić information content (AvgIpc) is 2.83. The molecule has 0 unspecified atom stereocenters. The molecule has 1 aromatic heterocycles. The van der Waals surface area contributed by atoms with Crippen molar-refractivity contribution in [1.29, 1.82) is 0 Å². The van der Waals surface area contributed by atoms with Crippen LogP contribution in [0.4, 0.5) is 10.1 Å². The maximum Gasteiger partial charge on any atom is 0.123 e. The molecule has 1 aliphatic carbocycles. The summed E-state index contributed by atoms with van der Waals surface area (Å²) in [5.41, 5.74) is 8.68. The van der Waals surface area contributed by atoms with Crippen molar-refractivity contribution in [3.05, 3.63) is 42.0 Å². The highest BCUT2D eigenvalue weighted by atomic mass is 19.1. The van der Waals surface area contributed by atoms with Crippen LogP contribution in [-0.2, 0) is 0 Å². The van der Waals surface area contributed by atoms with Gasteiger partial charge in [0.2, 0.25) is 0 Å². The predicted octanol–water partition coefficient (Wildman–Crippen LogP) is 3.64. The van der Waals surface area contributed by atoms with E-state index in [2.05, 4.69) is 5.10 Å². The van der Waals surface area contributed by atoms with E-state index in [-0.39, 0.29) is 5.82 Å². The molecule has 0 saturated heterocycles. The Balaban J connectivity index is 1.90. The lowest BCUT2D eigenvalue weighted by atomic mass is 9.86. The van der Waals surface area contributed by atoms with Gasteiger partial charge in [-0.1, -0.05) is 19.3 Å². The minimum absolute atomic E-state index is 0.239. The van der Waals surface area contributed by atoms with E-state index in [0.29, 0.717) is 5.92 Å². The van der Waals surface area contributed by atoms with Crippen LogP contribution in [0.25, 0.3) is 5.69 Å². The van der Waals surface area contributed by atoms with E-state index >= 15 is 0 Å². The molecule has 1 fully saturated rings. The molecule has 0 spiro atoms. The van der Waals surface area contributed by atoms with E-state index in [9.17, 15) is 4.39 Å². The van der Waals surface area contributed by atoms with Gasteiger partial charge in [0.15, 0.2) is 0 Å². The van der Waals surface area contributed by atoms with Crippen LogP contribution in [-0.4, -0.2) is 9.78 Å². The zero-order valence-corrected chi connectivity index (χ0v) is 10.8. The molecule has 100 valence electrons. The van der Waals surface area contributed by atoms with Crippen LogP contribution in [0.5, 0.6) is 0 Å². The molecule has 0 amide bonds. The summed E-state index contributed by atoms with van der Waals surface area (Å²) in [6, 6.07) is 6.31. The molecule has 2 N–H and O–H groups in total. The van der Waals surface area contributed by atoms with Crippen molar-refractivity contribution in [3.63, 3.8) is 0 Å². The monoisotopic (exact) mass is 259 g/mol. The van der Waals surface area contributed by atoms with Crippen LogP contribution in [0.3, 0.4) is 0 Å². The SMILES string of the molecule is Nc1cn(-c2ccc(F)cc2)nc1C1CCCCC1. The molecule has 1 saturated carbocycles. The number of hydrogen-bond donors (Lipinski definition) is 1. The van der Waals surface area contributed by atoms with Crippen molar-refractivity contribution >= 4 is 5.69 Å². The van der Waals surface area contributed by atoms with E-state index in [4.69, 9.17) is 5.73 Å². The van der Waals surface area contributed by atoms with Crippen molar-refractivity contribution in [2.24, 2.45) is 0 Å². The number of hydrogen-bond acceptors (Lipinski definition) is 2. The first-order valence-electron chi connectivity index (χ1n) is 6.85. The largest absolute Gasteiger partial charge is 0.396 e. The van der Waals surface area contributed by atoms with Crippen LogP contribution >= 0.6 is 0 Å². The van der Waals surface area contributed by atoms with E-state index in [1.165, 1.54) is 44.2 Å². The standard InChI is InChI=1S/C15H18FN3/c16-12-6-8-13(9-7-12)19-10-14(17)15(18-19)11-4-2-1-3-5-11/h6-11H,1-5,17H2. The molecule has 4 heteroatoms. The van der Waals surface area contributed by atoms with Gasteiger partial charge in [0.25, 0.3) is 0 Å². The van der Waals surface area contributed by atoms with Crippen LogP contribution in [0, 0.1) is 5.82 Å². The molecular weight excluding hydrogens is 241 g/mol. The molecule has 0 bridgehead atoms. The van der Waals surface area contributed by atoms with Gasteiger partial charge in [0.1, 0.15) is 5.82 Å². The molecule has 0 aliphatic heterocycles. The van der Waals surface area contributed by atoms with Crippen LogP contribution in [0.15, 0.2) is 30.5 Å². The molecule has 19 heavy (non-hydrogen) atoms. The number of benzene rings is 1. The van der Waals surface area contributed by atoms with Gasteiger partial charge in [-0.25, -0.2) is 9.07 Å². The molecule has 0 radical (unpaired) electrons. The molecule has 2 aromatic rings. The number of nitrogens with zero attached hydrogens (tertiary/aromatic N) is 2. The summed E-state index contributed by atoms with van der Waals surface area (Å²) in [5, 5.41) is 4.60. The van der Waals surface area contributed by atoms with Crippen LogP contribution < -0.4 is 5.73 Å². The van der Waals surface area contributed by atoms with E-state index in [1.807, 2.05) is 6.20 Å². The highest BCUT2D eigenvalue weighted by molar-refractivity contribution is 5.46. The summed E-state index contributed by atoms with van der Waals surface area (Å²) in [5.74, 6) is 0.242. The lowest BCUT2D eigenvalue weighted by Crippen LogP contribution is -2.07. The predicted molar refractivity (Wildman–Crippen MR) is 73.8 cm³/mol. The molecule has 3 rings (SSSR count). The Labute approximate surface area is 112 Å². The summed E-state index contributed by atoms with van der Waals surface area (Å²) >= 11 is 0. The number of halogens is 1. The quantitative estimate of drug-likeness (QED) is 0.894. The molecule has 0 atom stereocenters. The van der Waals surface area contributed by atoms with Crippen LogP contribution in [0.2, 0.25) is 0 Å². The van der Waals surface area contributed by atoms with Crippen molar-refractivity contribution < 1.29 is 4.39 Å². The maximum absolute atomic E-state index is 12.9. The number of anilines is 1. The normalized spacial score (nSPS) is 16.7. The Hall–Kier alpha value is -1.84. The summed E-state index contributed by atoms with van der Waals surface area (Å²) in [4.78, 5) is 0. The van der Waals surface area contributed by atoms with Crippen molar-refractivity contribution in [3.8, 4) is 5.69 Å². The highest BCUT2D eigenvalue weighted by Crippen LogP contribution is 2.34. The van der Waals surface area contributed by atoms with Gasteiger partial charge in [-0.05, 0) is 37.1 Å². The zero-order valence-electron chi connectivity index (χ0n) is 10.8. The van der Waals surface area contributed by atoms with Gasteiger partial charge in [-0.15, -0.1) is 0 Å². The Morgan fingerprint density at radius 1 is 1.11 bits per heavy atom. The number of aromatic nitrogens is 2. The minimum Gasteiger partial charge on any atom is -0.396 e. The van der Waals surface area contributed by atoms with E-state index < -0.39 is 0 Å². The molecule has 1 aliphatic rings. The van der Waals surface area contributed by atoms with Gasteiger partial charge in [-0.2, -0.15) is 5.10 Å². The van der Waals surface area contributed by atoms with Crippen LogP contribution in [0.1, 0.15) is 43.7 Å². The second kappa shape index (κ2) is 5.03. The summed E-state index contributed by atoms with van der Waals surface area (Å²) in [6.07, 6.45) is 8.00. The fraction of sp³-hybridized carbons (Fsp3) is 0.400. The average molecular weight is 259 g/mol. The second-order valence-corrected chi connectivity index (χ2v) is 5.23. The fourth-order valence-corrected chi connectivity index (χ4v) is 2.82. The summed E-state index contributed by atoms with van der Waals surface area (Å²) < 4.78 is 14.7. The third kappa shape index (κ3) is 2.48. The first-order valence-corrected chi connectivity index (χ1v) is 6.85. The smallest absolute Gasteiger partial charge is 0.123 e. The van der Waals surface area contributed by atoms with Crippen molar-refractivity contribution in [1.82, 2.24) is 9.78 Å². The third-order valence-corrected chi connectivity index (χ3v) is 3.86. The number of nitrogen functional groups attached to an aromatic ring is 1. The first-order chi connectivity index (χ1) is 9.24. The minimum atomic E-state index is -0.239. The van der Waals surface area contributed by atoms with Gasteiger partial charge in [0.05, 0.1) is 23.3 Å². The number of nitrogens with two attached hydrogens (primary N) is 1. The van der Waals surface area contributed by atoms with Gasteiger partial charge >= 0.3 is 0 Å². The fourth-order valence-electron chi connectivity index (χ4n) is 2.82. The summed E-state index contributed by atoms with van der Waals surface area (Å²) in [6.45, 7) is 0. The topological polar surface area (TPSA) is 43.8 Å². The van der Waals surface area contributed by atoms with Crippen molar-refractivity contribution in [2.75, 3.05) is 5.73 Å². The van der Waals surface area contributed by atoms with E-state index in [1.54, 1.807) is 16.8 Å². The maximum atomic E-state index is 12.9. The lowest BCUT2D eigenvalue weighted by Gasteiger charge is -2.20. The summed E-state index contributed by atoms with van der Waals surface area (Å²) in [7, 11) is 0. The van der Waals surface area contributed by atoms with Gasteiger partial charge < -0.3 is 5.73 Å². The molecule has 1 heterocycles. The Morgan fingerprint density at radius 3 is 2.47 bits per heavy atom. The van der Waals surface area contributed by atoms with Gasteiger partial charge in [0, 0.05) is 5.92 Å². The Morgan fingerprint density at radius 2 is 1.79 bits per heavy atom. The molecule has 1 aromatic carbocycles. The molecule has 3 nitrogen and oxygen atoms in total.